The van der Waals surface area contributed by atoms with Crippen molar-refractivity contribution in [2.45, 2.75) is 26.9 Å². The van der Waals surface area contributed by atoms with E-state index in [2.05, 4.69) is 24.1 Å². The number of methoxy groups -OCH3 is 1. The summed E-state index contributed by atoms with van der Waals surface area (Å²) in [6, 6.07) is 4.03. The molecule has 0 spiro atoms. The van der Waals surface area contributed by atoms with E-state index in [9.17, 15) is 0 Å². The van der Waals surface area contributed by atoms with Gasteiger partial charge in [0.05, 0.1) is 11.8 Å². The monoisotopic (exact) mass is 191 g/mol. The zero-order valence-corrected chi connectivity index (χ0v) is 9.24. The summed E-state index contributed by atoms with van der Waals surface area (Å²) in [4.78, 5) is 4.35. The van der Waals surface area contributed by atoms with Crippen molar-refractivity contribution in [1.29, 1.82) is 0 Å². The molecule has 14 heavy (non-hydrogen) atoms. The lowest BCUT2D eigenvalue weighted by Crippen LogP contribution is -2.02. The maximum atomic E-state index is 5.28. The second kappa shape index (κ2) is 4.91. The van der Waals surface area contributed by atoms with Crippen LogP contribution in [-0.4, -0.2) is 12.1 Å². The fourth-order valence-electron chi connectivity index (χ4n) is 1.34. The number of allylic oxidation sites excluding steroid dienone is 2. The summed E-state index contributed by atoms with van der Waals surface area (Å²) in [5.74, 6) is 0. The van der Waals surface area contributed by atoms with Crippen LogP contribution in [0.5, 0.6) is 0 Å². The van der Waals surface area contributed by atoms with Crippen LogP contribution in [0.15, 0.2) is 24.4 Å². The average Bonchev–Trinajstić information content (AvgIpc) is 2.27. The molecule has 0 N–H and O–H groups in total. The lowest BCUT2D eigenvalue weighted by molar-refractivity contribution is 0.115. The third-order valence-corrected chi connectivity index (χ3v) is 2.44. The Kier molecular flexibility index (Phi) is 3.84. The van der Waals surface area contributed by atoms with Gasteiger partial charge in [-0.1, -0.05) is 12.1 Å². The van der Waals surface area contributed by atoms with Gasteiger partial charge in [0, 0.05) is 18.9 Å². The van der Waals surface area contributed by atoms with E-state index in [4.69, 9.17) is 4.74 Å². The van der Waals surface area contributed by atoms with E-state index in [1.807, 2.05) is 19.9 Å². The maximum absolute atomic E-state index is 5.28. The van der Waals surface area contributed by atoms with E-state index >= 15 is 0 Å². The van der Waals surface area contributed by atoms with Gasteiger partial charge >= 0.3 is 0 Å². The predicted octanol–water partition coefficient (Wildman–Crippen LogP) is 3.21. The first-order valence-corrected chi connectivity index (χ1v) is 4.81. The summed E-state index contributed by atoms with van der Waals surface area (Å²) in [5.41, 5.74) is 3.41. The van der Waals surface area contributed by atoms with E-state index in [0.717, 1.165) is 5.69 Å². The van der Waals surface area contributed by atoms with E-state index in [-0.39, 0.29) is 6.10 Å². The van der Waals surface area contributed by atoms with Crippen LogP contribution in [-0.2, 0) is 4.74 Å². The molecule has 0 aliphatic rings. The van der Waals surface area contributed by atoms with Gasteiger partial charge in [0.2, 0.25) is 0 Å². The van der Waals surface area contributed by atoms with E-state index < -0.39 is 0 Å². The standard InChI is InChI=1S/C12H17NO/c1-5-9(2)11-7-6-8-13-12(11)10(3)14-4/h5-8,10H,1-4H3/b9-5-. The van der Waals surface area contributed by atoms with Gasteiger partial charge in [0.25, 0.3) is 0 Å². The average molecular weight is 191 g/mol. The molecule has 1 atom stereocenters. The number of hydrogen-bond acceptors (Lipinski definition) is 2. The Hall–Kier alpha value is -1.15. The summed E-state index contributed by atoms with van der Waals surface area (Å²) in [6.07, 6.45) is 3.93. The van der Waals surface area contributed by atoms with Crippen molar-refractivity contribution in [3.05, 3.63) is 35.7 Å². The molecule has 1 heterocycles. The molecule has 0 bridgehead atoms. The molecular weight excluding hydrogens is 174 g/mol. The molecule has 1 rings (SSSR count). The number of pyridine rings is 1. The molecule has 2 heteroatoms. The SMILES string of the molecule is C/C=C(/C)c1cccnc1C(C)OC. The van der Waals surface area contributed by atoms with Crippen molar-refractivity contribution in [2.75, 3.05) is 7.11 Å². The maximum Gasteiger partial charge on any atom is 0.0968 e. The largest absolute Gasteiger partial charge is 0.375 e. The van der Waals surface area contributed by atoms with Crippen molar-refractivity contribution in [1.82, 2.24) is 4.98 Å². The minimum atomic E-state index is 0.0427. The molecule has 0 fully saturated rings. The Bertz CT molecular complexity index is 331. The lowest BCUT2D eigenvalue weighted by atomic mass is 10.0. The molecule has 76 valence electrons. The number of rotatable bonds is 3. The van der Waals surface area contributed by atoms with Crippen molar-refractivity contribution >= 4 is 5.57 Å². The molecule has 0 aliphatic heterocycles. The first-order valence-electron chi connectivity index (χ1n) is 4.81. The van der Waals surface area contributed by atoms with Crippen LogP contribution in [0, 0.1) is 0 Å². The van der Waals surface area contributed by atoms with Gasteiger partial charge in [-0.15, -0.1) is 0 Å². The van der Waals surface area contributed by atoms with Crippen LogP contribution in [0.3, 0.4) is 0 Å². The molecule has 0 amide bonds. The molecule has 0 aliphatic carbocycles. The predicted molar refractivity (Wildman–Crippen MR) is 59.0 cm³/mol. The van der Waals surface area contributed by atoms with E-state index in [1.54, 1.807) is 13.3 Å². The molecular formula is C12H17NO. The highest BCUT2D eigenvalue weighted by molar-refractivity contribution is 5.65. The van der Waals surface area contributed by atoms with Gasteiger partial charge in [0.15, 0.2) is 0 Å². The van der Waals surface area contributed by atoms with Crippen LogP contribution in [0.1, 0.15) is 38.1 Å². The zero-order valence-electron chi connectivity index (χ0n) is 9.24. The van der Waals surface area contributed by atoms with Gasteiger partial charge in [-0.2, -0.15) is 0 Å². The Morgan fingerprint density at radius 3 is 2.86 bits per heavy atom. The Morgan fingerprint density at radius 1 is 1.57 bits per heavy atom. The molecule has 1 aromatic heterocycles. The van der Waals surface area contributed by atoms with Gasteiger partial charge in [0.1, 0.15) is 0 Å². The first kappa shape index (κ1) is 10.9. The first-order chi connectivity index (χ1) is 6.70. The van der Waals surface area contributed by atoms with Gasteiger partial charge in [-0.25, -0.2) is 0 Å². The minimum Gasteiger partial charge on any atom is -0.375 e. The smallest absolute Gasteiger partial charge is 0.0968 e. The molecule has 1 aromatic rings. The minimum absolute atomic E-state index is 0.0427. The topological polar surface area (TPSA) is 22.1 Å². The van der Waals surface area contributed by atoms with Crippen LogP contribution >= 0.6 is 0 Å². The third kappa shape index (κ3) is 2.20. The van der Waals surface area contributed by atoms with Crippen molar-refractivity contribution in [3.8, 4) is 0 Å². The Morgan fingerprint density at radius 2 is 2.29 bits per heavy atom. The second-order valence-electron chi connectivity index (χ2n) is 3.29. The van der Waals surface area contributed by atoms with Gasteiger partial charge in [-0.05, 0) is 32.4 Å². The quantitative estimate of drug-likeness (QED) is 0.732. The van der Waals surface area contributed by atoms with Crippen LogP contribution < -0.4 is 0 Å². The van der Waals surface area contributed by atoms with Crippen molar-refractivity contribution in [2.24, 2.45) is 0 Å². The normalized spacial score (nSPS) is 14.1. The van der Waals surface area contributed by atoms with Crippen LogP contribution in [0.2, 0.25) is 0 Å². The molecule has 0 aromatic carbocycles. The lowest BCUT2D eigenvalue weighted by Gasteiger charge is -2.13. The van der Waals surface area contributed by atoms with Crippen LogP contribution in [0.25, 0.3) is 5.57 Å². The summed E-state index contributed by atoms with van der Waals surface area (Å²) >= 11 is 0. The molecule has 0 saturated carbocycles. The van der Waals surface area contributed by atoms with Gasteiger partial charge in [-0.3, -0.25) is 4.98 Å². The van der Waals surface area contributed by atoms with Crippen LogP contribution in [0.4, 0.5) is 0 Å². The molecule has 0 radical (unpaired) electrons. The highest BCUT2D eigenvalue weighted by atomic mass is 16.5. The molecule has 2 nitrogen and oxygen atoms in total. The molecule has 0 saturated heterocycles. The number of nitrogens with zero attached hydrogens (tertiary/aromatic N) is 1. The summed E-state index contributed by atoms with van der Waals surface area (Å²) in [6.45, 7) is 6.13. The Labute approximate surface area is 85.6 Å². The number of ether oxygens (including phenoxy) is 1. The zero-order chi connectivity index (χ0) is 10.6. The fraction of sp³-hybridized carbons (Fsp3) is 0.417. The van der Waals surface area contributed by atoms with E-state index in [1.165, 1.54) is 11.1 Å². The Balaban J connectivity index is 3.16. The summed E-state index contributed by atoms with van der Waals surface area (Å²) in [5, 5.41) is 0. The molecule has 1 unspecified atom stereocenters. The van der Waals surface area contributed by atoms with Gasteiger partial charge < -0.3 is 4.74 Å². The number of hydrogen-bond donors (Lipinski definition) is 0. The third-order valence-electron chi connectivity index (χ3n) is 2.44. The highest BCUT2D eigenvalue weighted by Crippen LogP contribution is 2.23. The van der Waals surface area contributed by atoms with E-state index in [0.29, 0.717) is 0 Å². The van der Waals surface area contributed by atoms with Crippen molar-refractivity contribution < 1.29 is 4.74 Å². The summed E-state index contributed by atoms with van der Waals surface area (Å²) in [7, 11) is 1.70. The fourth-order valence-corrected chi connectivity index (χ4v) is 1.34. The van der Waals surface area contributed by atoms with Crippen molar-refractivity contribution in [3.63, 3.8) is 0 Å². The highest BCUT2D eigenvalue weighted by Gasteiger charge is 2.11. The number of aromatic nitrogens is 1. The second-order valence-corrected chi connectivity index (χ2v) is 3.29. The summed E-state index contributed by atoms with van der Waals surface area (Å²) < 4.78 is 5.28.